The van der Waals surface area contributed by atoms with E-state index in [1.807, 2.05) is 24.3 Å². The van der Waals surface area contributed by atoms with Gasteiger partial charge in [-0.3, -0.25) is 5.32 Å². The van der Waals surface area contributed by atoms with Gasteiger partial charge in [-0.05, 0) is 25.0 Å². The summed E-state index contributed by atoms with van der Waals surface area (Å²) in [6.07, 6.45) is 4.52. The number of sulfonamides is 1. The topological polar surface area (TPSA) is 72.8 Å². The van der Waals surface area contributed by atoms with Gasteiger partial charge in [-0.1, -0.05) is 24.6 Å². The van der Waals surface area contributed by atoms with Crippen molar-refractivity contribution in [1.29, 1.82) is 0 Å². The third-order valence-electron chi connectivity index (χ3n) is 4.40. The molecule has 1 saturated heterocycles. The Labute approximate surface area is 148 Å². The highest BCUT2D eigenvalue weighted by Gasteiger charge is 2.26. The van der Waals surface area contributed by atoms with E-state index in [0.717, 1.165) is 36.4 Å². The molecular weight excluding hydrogens is 338 g/mol. The van der Waals surface area contributed by atoms with Gasteiger partial charge < -0.3 is 4.74 Å². The van der Waals surface area contributed by atoms with Gasteiger partial charge in [0.2, 0.25) is 10.0 Å². The number of piperidine rings is 1. The molecule has 0 bridgehead atoms. The molecule has 134 valence electrons. The summed E-state index contributed by atoms with van der Waals surface area (Å²) in [6, 6.07) is 11.2. The average molecular weight is 362 g/mol. The number of nitrogens with one attached hydrogen (secondary N) is 2. The number of H-pyrrole nitrogens is 1. The Hall–Kier alpha value is -2.12. The third-order valence-corrected chi connectivity index (χ3v) is 6.29. The van der Waals surface area contributed by atoms with Crippen molar-refractivity contribution in [2.45, 2.75) is 30.7 Å². The van der Waals surface area contributed by atoms with Crippen LogP contribution in [0.1, 0.15) is 24.8 Å². The summed E-state index contributed by atoms with van der Waals surface area (Å²) < 4.78 is 32.2. The van der Waals surface area contributed by atoms with Gasteiger partial charge in [-0.15, -0.1) is 0 Å². The molecule has 7 heteroatoms. The largest absolute Gasteiger partial charge is 0.496 e. The van der Waals surface area contributed by atoms with Crippen molar-refractivity contribution in [3.05, 3.63) is 48.2 Å². The Balaban J connectivity index is 1.68. The van der Waals surface area contributed by atoms with Crippen molar-refractivity contribution in [2.75, 3.05) is 25.5 Å². The number of methoxy groups -OCH3 is 1. The zero-order valence-corrected chi connectivity index (χ0v) is 15.2. The minimum atomic E-state index is -3.40. The lowest BCUT2D eigenvalue weighted by molar-refractivity contribution is -0.364. The molecule has 2 N–H and O–H groups in total. The quantitative estimate of drug-likeness (QED) is 0.856. The molecule has 0 amide bonds. The van der Waals surface area contributed by atoms with E-state index in [9.17, 15) is 8.42 Å². The number of ether oxygens (including phenoxy) is 1. The standard InChI is InChI=1S/C18H23N3O3S/c1-24-17-8-4-3-7-15(17)13-19-18-10-9-16(14-20-18)25(22,23)21-11-5-2-6-12-21/h3-4,7-10,14H,2,5-6,11-13H2,1H3,(H,19,20)/p+1. The predicted octanol–water partition coefficient (Wildman–Crippen LogP) is 2.30. The first-order valence-electron chi connectivity index (χ1n) is 8.49. The molecule has 2 heterocycles. The minimum absolute atomic E-state index is 0.303. The Morgan fingerprint density at radius 1 is 1.12 bits per heavy atom. The maximum Gasteiger partial charge on any atom is 0.272 e. The first kappa shape index (κ1) is 17.7. The van der Waals surface area contributed by atoms with E-state index in [4.69, 9.17) is 4.74 Å². The van der Waals surface area contributed by atoms with Crippen LogP contribution in [-0.2, 0) is 16.6 Å². The molecule has 6 nitrogen and oxygen atoms in total. The van der Waals surface area contributed by atoms with Crippen molar-refractivity contribution in [2.24, 2.45) is 0 Å². The van der Waals surface area contributed by atoms with Gasteiger partial charge in [0.25, 0.3) is 5.82 Å². The fourth-order valence-corrected chi connectivity index (χ4v) is 4.46. The SMILES string of the molecule is COc1ccccc1CNc1ccc(S(=O)(=O)N2CCCCC2)c[nH+]1. The van der Waals surface area contributed by atoms with Crippen LogP contribution >= 0.6 is 0 Å². The molecule has 0 unspecified atom stereocenters. The van der Waals surface area contributed by atoms with Crippen LogP contribution in [-0.4, -0.2) is 32.9 Å². The molecular formula is C18H24N3O3S+. The molecule has 0 spiro atoms. The van der Waals surface area contributed by atoms with Gasteiger partial charge in [-0.25, -0.2) is 13.4 Å². The van der Waals surface area contributed by atoms with Crippen LogP contribution in [0.25, 0.3) is 0 Å². The maximum atomic E-state index is 12.6. The van der Waals surface area contributed by atoms with Crippen LogP contribution < -0.4 is 15.0 Å². The van der Waals surface area contributed by atoms with Crippen molar-refractivity contribution in [3.63, 3.8) is 0 Å². The van der Waals surface area contributed by atoms with Crippen LogP contribution in [0.4, 0.5) is 5.82 Å². The molecule has 1 fully saturated rings. The minimum Gasteiger partial charge on any atom is -0.496 e. The van der Waals surface area contributed by atoms with Gasteiger partial charge >= 0.3 is 0 Å². The Kier molecular flexibility index (Phi) is 5.55. The fourth-order valence-electron chi connectivity index (χ4n) is 2.97. The predicted molar refractivity (Wildman–Crippen MR) is 95.9 cm³/mol. The summed E-state index contributed by atoms with van der Waals surface area (Å²) in [7, 11) is -1.76. The van der Waals surface area contributed by atoms with E-state index < -0.39 is 10.0 Å². The van der Waals surface area contributed by atoms with Crippen LogP contribution in [0.3, 0.4) is 0 Å². The first-order valence-corrected chi connectivity index (χ1v) is 9.93. The van der Waals surface area contributed by atoms with Crippen LogP contribution in [0, 0.1) is 0 Å². The lowest BCUT2D eigenvalue weighted by atomic mass is 10.2. The maximum absolute atomic E-state index is 12.6. The number of rotatable bonds is 6. The van der Waals surface area contributed by atoms with Crippen LogP contribution in [0.5, 0.6) is 5.75 Å². The molecule has 1 aromatic heterocycles. The van der Waals surface area contributed by atoms with Gasteiger partial charge in [0.1, 0.15) is 23.4 Å². The summed E-state index contributed by atoms with van der Waals surface area (Å²) >= 11 is 0. The van der Waals surface area contributed by atoms with E-state index in [0.29, 0.717) is 24.5 Å². The third kappa shape index (κ3) is 4.11. The number of aromatic amines is 1. The highest BCUT2D eigenvalue weighted by atomic mass is 32.2. The number of nitrogens with zero attached hydrogens (tertiary/aromatic N) is 1. The summed E-state index contributed by atoms with van der Waals surface area (Å²) in [4.78, 5) is 3.34. The smallest absolute Gasteiger partial charge is 0.272 e. The molecule has 3 rings (SSSR count). The van der Waals surface area contributed by atoms with E-state index in [1.165, 1.54) is 0 Å². The summed E-state index contributed by atoms with van der Waals surface area (Å²) in [5.41, 5.74) is 1.03. The van der Waals surface area contributed by atoms with Crippen molar-refractivity contribution < 1.29 is 18.1 Å². The fraction of sp³-hybridized carbons (Fsp3) is 0.389. The van der Waals surface area contributed by atoms with E-state index >= 15 is 0 Å². The van der Waals surface area contributed by atoms with Gasteiger partial charge in [0.05, 0.1) is 7.11 Å². The summed E-state index contributed by atoms with van der Waals surface area (Å²) in [6.45, 7) is 1.80. The molecule has 1 aliphatic heterocycles. The van der Waals surface area contributed by atoms with E-state index in [2.05, 4.69) is 10.3 Å². The monoisotopic (exact) mass is 362 g/mol. The number of benzene rings is 1. The zero-order chi connectivity index (χ0) is 17.7. The van der Waals surface area contributed by atoms with E-state index in [-0.39, 0.29) is 0 Å². The van der Waals surface area contributed by atoms with Gasteiger partial charge in [0.15, 0.2) is 0 Å². The van der Waals surface area contributed by atoms with Crippen molar-refractivity contribution in [3.8, 4) is 5.75 Å². The zero-order valence-electron chi connectivity index (χ0n) is 14.4. The average Bonchev–Trinajstić information content (AvgIpc) is 2.67. The Morgan fingerprint density at radius 3 is 2.56 bits per heavy atom. The number of anilines is 1. The van der Waals surface area contributed by atoms with Crippen LogP contribution in [0.2, 0.25) is 0 Å². The van der Waals surface area contributed by atoms with Crippen LogP contribution in [0.15, 0.2) is 47.5 Å². The lowest BCUT2D eigenvalue weighted by Crippen LogP contribution is -2.36. The van der Waals surface area contributed by atoms with Crippen molar-refractivity contribution >= 4 is 15.8 Å². The second-order valence-corrected chi connectivity index (χ2v) is 8.01. The number of hydrogen-bond acceptors (Lipinski definition) is 4. The van der Waals surface area contributed by atoms with Gasteiger partial charge in [0, 0.05) is 24.7 Å². The number of pyridine rings is 1. The highest BCUT2D eigenvalue weighted by molar-refractivity contribution is 7.89. The Bertz CT molecular complexity index is 801. The highest BCUT2D eigenvalue weighted by Crippen LogP contribution is 2.21. The second kappa shape index (κ2) is 7.84. The molecule has 0 aliphatic carbocycles. The summed E-state index contributed by atoms with van der Waals surface area (Å²) in [5, 5.41) is 3.25. The lowest BCUT2D eigenvalue weighted by Gasteiger charge is -2.25. The van der Waals surface area contributed by atoms with Crippen molar-refractivity contribution in [1.82, 2.24) is 4.31 Å². The molecule has 1 aliphatic rings. The van der Waals surface area contributed by atoms with E-state index in [1.54, 1.807) is 29.7 Å². The number of hydrogen-bond donors (Lipinski definition) is 1. The molecule has 0 saturated carbocycles. The molecule has 25 heavy (non-hydrogen) atoms. The number of aromatic nitrogens is 1. The molecule has 1 aromatic carbocycles. The van der Waals surface area contributed by atoms with Gasteiger partial charge in [-0.2, -0.15) is 4.31 Å². The molecule has 0 radical (unpaired) electrons. The molecule has 2 aromatic rings. The number of para-hydroxylation sites is 1. The normalized spacial score (nSPS) is 15.7. The molecule has 0 atom stereocenters. The first-order chi connectivity index (χ1) is 12.1. The Morgan fingerprint density at radius 2 is 1.88 bits per heavy atom. The summed E-state index contributed by atoms with van der Waals surface area (Å²) in [5.74, 6) is 1.57. The second-order valence-electron chi connectivity index (χ2n) is 6.07.